The Morgan fingerprint density at radius 3 is 2.10 bits per heavy atom. The number of nitrogens with two attached hydrogens (primary N) is 1. The minimum atomic E-state index is -0.480. The monoisotopic (exact) mass is 283 g/mol. The van der Waals surface area contributed by atoms with Gasteiger partial charge >= 0.3 is 0 Å². The molecule has 21 heavy (non-hydrogen) atoms. The van der Waals surface area contributed by atoms with Crippen LogP contribution in [0.3, 0.4) is 0 Å². The van der Waals surface area contributed by atoms with E-state index in [-0.39, 0.29) is 5.78 Å². The number of likely N-dealkylation sites (N-methyl/N-ethyl adjacent to an activating group) is 1. The highest BCUT2D eigenvalue weighted by molar-refractivity contribution is 5.99. The van der Waals surface area contributed by atoms with Crippen molar-refractivity contribution in [3.05, 3.63) is 71.8 Å². The summed E-state index contributed by atoms with van der Waals surface area (Å²) >= 11 is 0. The van der Waals surface area contributed by atoms with Gasteiger partial charge in [0.15, 0.2) is 5.78 Å². The summed E-state index contributed by atoms with van der Waals surface area (Å²) in [7, 11) is 4.20. The van der Waals surface area contributed by atoms with E-state index in [0.717, 1.165) is 6.54 Å². The number of hydrogen-bond donors (Lipinski definition) is 1. The van der Waals surface area contributed by atoms with Crippen LogP contribution in [0.1, 0.15) is 15.9 Å². The van der Waals surface area contributed by atoms with E-state index in [1.807, 2.05) is 48.5 Å². The first-order chi connectivity index (χ1) is 9.98. The van der Waals surface area contributed by atoms with Crippen LogP contribution in [-0.4, -0.2) is 36.9 Å². The van der Waals surface area contributed by atoms with E-state index in [2.05, 4.69) is 26.2 Å². The van der Waals surface area contributed by atoms with Gasteiger partial charge in [0.1, 0.15) is 19.1 Å². The fraction of sp³-hybridized carbons (Fsp3) is 0.278. The van der Waals surface area contributed by atoms with E-state index < -0.39 is 6.04 Å². The SMILES string of the molecule is C[N+](C)(Cc1ccccc1)CC(N)C(=O)c1ccccc1. The largest absolute Gasteiger partial charge is 0.323 e. The predicted octanol–water partition coefficient (Wildman–Crippen LogP) is 2.47. The van der Waals surface area contributed by atoms with Crippen molar-refractivity contribution in [3.8, 4) is 0 Å². The van der Waals surface area contributed by atoms with E-state index in [9.17, 15) is 4.79 Å². The molecular formula is C18H23N2O+. The summed E-state index contributed by atoms with van der Waals surface area (Å²) in [6.07, 6.45) is 0. The molecule has 2 aromatic carbocycles. The van der Waals surface area contributed by atoms with E-state index >= 15 is 0 Å². The van der Waals surface area contributed by atoms with E-state index in [1.54, 1.807) is 0 Å². The molecule has 0 amide bonds. The number of rotatable bonds is 6. The molecule has 2 aromatic rings. The third-order valence-corrected chi connectivity index (χ3v) is 3.54. The van der Waals surface area contributed by atoms with Crippen LogP contribution in [0.4, 0.5) is 0 Å². The zero-order chi connectivity index (χ0) is 15.3. The van der Waals surface area contributed by atoms with Crippen molar-refractivity contribution in [2.24, 2.45) is 5.73 Å². The van der Waals surface area contributed by atoms with Crippen LogP contribution < -0.4 is 5.73 Å². The van der Waals surface area contributed by atoms with Crippen molar-refractivity contribution in [3.63, 3.8) is 0 Å². The molecule has 0 aliphatic carbocycles. The number of carbonyl (C=O) groups is 1. The summed E-state index contributed by atoms with van der Waals surface area (Å²) in [6, 6.07) is 19.1. The molecule has 2 rings (SSSR count). The third-order valence-electron chi connectivity index (χ3n) is 3.54. The Bertz CT molecular complexity index is 579. The molecule has 110 valence electrons. The van der Waals surface area contributed by atoms with Gasteiger partial charge < -0.3 is 10.2 Å². The minimum absolute atomic E-state index is 0.00913. The summed E-state index contributed by atoms with van der Waals surface area (Å²) in [5, 5.41) is 0. The molecular weight excluding hydrogens is 260 g/mol. The Kier molecular flexibility index (Phi) is 4.89. The van der Waals surface area contributed by atoms with Crippen molar-refractivity contribution < 1.29 is 9.28 Å². The van der Waals surface area contributed by atoms with Crippen LogP contribution in [-0.2, 0) is 6.54 Å². The number of benzene rings is 2. The lowest BCUT2D eigenvalue weighted by atomic mass is 10.0. The van der Waals surface area contributed by atoms with Crippen molar-refractivity contribution in [2.75, 3.05) is 20.6 Å². The molecule has 3 nitrogen and oxygen atoms in total. The molecule has 2 N–H and O–H groups in total. The summed E-state index contributed by atoms with van der Waals surface area (Å²) in [6.45, 7) is 1.47. The van der Waals surface area contributed by atoms with Crippen molar-refractivity contribution >= 4 is 5.78 Å². The summed E-state index contributed by atoms with van der Waals surface area (Å²) in [5.74, 6) is 0.00913. The summed E-state index contributed by atoms with van der Waals surface area (Å²) in [4.78, 5) is 12.3. The fourth-order valence-corrected chi connectivity index (χ4v) is 2.57. The highest BCUT2D eigenvalue weighted by Crippen LogP contribution is 2.11. The van der Waals surface area contributed by atoms with Crippen LogP contribution >= 0.6 is 0 Å². The van der Waals surface area contributed by atoms with Gasteiger partial charge in [-0.05, 0) is 0 Å². The van der Waals surface area contributed by atoms with Gasteiger partial charge in [-0.2, -0.15) is 0 Å². The Labute approximate surface area is 126 Å². The van der Waals surface area contributed by atoms with Crippen molar-refractivity contribution in [1.29, 1.82) is 0 Å². The predicted molar refractivity (Wildman–Crippen MR) is 85.9 cm³/mol. The maximum Gasteiger partial charge on any atom is 0.185 e. The van der Waals surface area contributed by atoms with Crippen LogP contribution in [0.15, 0.2) is 60.7 Å². The standard InChI is InChI=1S/C18H23N2O/c1-20(2,13-15-9-5-3-6-10-15)14-17(19)18(21)16-11-7-4-8-12-16/h3-12,17H,13-14,19H2,1-2H3/q+1. The molecule has 1 atom stereocenters. The van der Waals surface area contributed by atoms with Crippen LogP contribution in [0.25, 0.3) is 0 Å². The summed E-state index contributed by atoms with van der Waals surface area (Å²) < 4.78 is 0.684. The van der Waals surface area contributed by atoms with Gasteiger partial charge in [0, 0.05) is 11.1 Å². The number of ketones is 1. The third kappa shape index (κ3) is 4.52. The molecule has 0 saturated heterocycles. The number of carbonyl (C=O) groups excluding carboxylic acids is 1. The molecule has 1 unspecified atom stereocenters. The van der Waals surface area contributed by atoms with Crippen LogP contribution in [0, 0.1) is 0 Å². The molecule has 0 aromatic heterocycles. The Hall–Kier alpha value is -1.97. The van der Waals surface area contributed by atoms with E-state index in [0.29, 0.717) is 16.6 Å². The zero-order valence-corrected chi connectivity index (χ0v) is 12.7. The molecule has 0 saturated carbocycles. The van der Waals surface area contributed by atoms with Gasteiger partial charge in [-0.25, -0.2) is 0 Å². The Morgan fingerprint density at radius 1 is 1.00 bits per heavy atom. The van der Waals surface area contributed by atoms with E-state index in [1.165, 1.54) is 5.56 Å². The molecule has 0 spiro atoms. The highest BCUT2D eigenvalue weighted by atomic mass is 16.1. The van der Waals surface area contributed by atoms with Gasteiger partial charge in [-0.1, -0.05) is 60.7 Å². The van der Waals surface area contributed by atoms with Crippen molar-refractivity contribution in [1.82, 2.24) is 0 Å². The second kappa shape index (κ2) is 6.66. The van der Waals surface area contributed by atoms with Gasteiger partial charge in [-0.15, -0.1) is 0 Å². The number of Topliss-reactive ketones (excluding diaryl/α,β-unsaturated/α-hetero) is 1. The first-order valence-corrected chi connectivity index (χ1v) is 7.19. The fourth-order valence-electron chi connectivity index (χ4n) is 2.57. The van der Waals surface area contributed by atoms with Gasteiger partial charge in [0.25, 0.3) is 0 Å². The van der Waals surface area contributed by atoms with Crippen LogP contribution in [0.2, 0.25) is 0 Å². The molecule has 0 bridgehead atoms. The number of quaternary nitrogens is 1. The second-order valence-electron chi connectivity index (χ2n) is 6.10. The molecule has 0 aliphatic rings. The average Bonchev–Trinajstić information content (AvgIpc) is 2.47. The molecule has 0 fully saturated rings. The van der Waals surface area contributed by atoms with E-state index in [4.69, 9.17) is 5.73 Å². The lowest BCUT2D eigenvalue weighted by Crippen LogP contribution is -2.50. The summed E-state index contributed by atoms with van der Waals surface area (Å²) in [5.41, 5.74) is 8.06. The normalized spacial score (nSPS) is 12.9. The Balaban J connectivity index is 2.01. The first kappa shape index (κ1) is 15.4. The highest BCUT2D eigenvalue weighted by Gasteiger charge is 2.25. The lowest BCUT2D eigenvalue weighted by molar-refractivity contribution is -0.903. The Morgan fingerprint density at radius 2 is 1.52 bits per heavy atom. The van der Waals surface area contributed by atoms with Gasteiger partial charge in [0.2, 0.25) is 0 Å². The number of hydrogen-bond acceptors (Lipinski definition) is 2. The minimum Gasteiger partial charge on any atom is -0.323 e. The lowest BCUT2D eigenvalue weighted by Gasteiger charge is -2.32. The smallest absolute Gasteiger partial charge is 0.185 e. The molecule has 3 heteroatoms. The topological polar surface area (TPSA) is 43.1 Å². The molecule has 0 aliphatic heterocycles. The van der Waals surface area contributed by atoms with Gasteiger partial charge in [-0.3, -0.25) is 4.79 Å². The number of nitrogens with zero attached hydrogens (tertiary/aromatic N) is 1. The maximum atomic E-state index is 12.3. The van der Waals surface area contributed by atoms with Crippen LogP contribution in [0.5, 0.6) is 0 Å². The maximum absolute atomic E-state index is 12.3. The quantitative estimate of drug-likeness (QED) is 0.654. The van der Waals surface area contributed by atoms with Crippen molar-refractivity contribution in [2.45, 2.75) is 12.6 Å². The average molecular weight is 283 g/mol. The van der Waals surface area contributed by atoms with Gasteiger partial charge in [0.05, 0.1) is 14.1 Å². The molecule has 0 radical (unpaired) electrons. The zero-order valence-electron chi connectivity index (χ0n) is 12.7. The second-order valence-corrected chi connectivity index (χ2v) is 6.10. The first-order valence-electron chi connectivity index (χ1n) is 7.19. The molecule has 0 heterocycles.